The van der Waals surface area contributed by atoms with Gasteiger partial charge >= 0.3 is 6.03 Å². The Morgan fingerprint density at radius 2 is 1.28 bits per heavy atom. The minimum Gasteiger partial charge on any atom is -0.308 e. The zero-order chi connectivity index (χ0) is 21.0. The summed E-state index contributed by atoms with van der Waals surface area (Å²) >= 11 is 0. The summed E-state index contributed by atoms with van der Waals surface area (Å²) in [5.74, 6) is -3.46. The normalized spacial score (nSPS) is 11.0. The van der Waals surface area contributed by atoms with E-state index in [0.29, 0.717) is 0 Å². The number of hydrogen-bond acceptors (Lipinski definition) is 4. The maximum atomic E-state index is 13.6. The number of nitrogens with one attached hydrogen (secondary N) is 2. The average Bonchev–Trinajstić information content (AvgIpc) is 2.69. The molecule has 148 valence electrons. The lowest BCUT2D eigenvalue weighted by atomic mass is 10.2. The van der Waals surface area contributed by atoms with Crippen LogP contribution in [0.15, 0.2) is 82.6 Å². The molecule has 0 aliphatic carbocycles. The van der Waals surface area contributed by atoms with Gasteiger partial charge in [0.2, 0.25) is 9.84 Å². The summed E-state index contributed by atoms with van der Waals surface area (Å²) in [5.41, 5.74) is -0.705. The molecule has 0 aliphatic heterocycles. The van der Waals surface area contributed by atoms with Gasteiger partial charge in [0.05, 0.1) is 9.79 Å². The smallest absolute Gasteiger partial charge is 0.308 e. The van der Waals surface area contributed by atoms with Crippen LogP contribution < -0.4 is 10.6 Å². The molecule has 0 aromatic heterocycles. The van der Waals surface area contributed by atoms with Crippen molar-refractivity contribution >= 4 is 27.5 Å². The highest BCUT2D eigenvalue weighted by Gasteiger charge is 2.20. The van der Waals surface area contributed by atoms with Crippen LogP contribution in [0.25, 0.3) is 0 Å². The van der Waals surface area contributed by atoms with Crippen LogP contribution in [0.5, 0.6) is 0 Å². The largest absolute Gasteiger partial charge is 0.326 e. The van der Waals surface area contributed by atoms with Gasteiger partial charge in [-0.05, 0) is 48.5 Å². The molecular weight excluding hydrogens is 402 g/mol. The van der Waals surface area contributed by atoms with Crippen LogP contribution in [-0.2, 0) is 9.84 Å². The number of imide groups is 1. The summed E-state index contributed by atoms with van der Waals surface area (Å²) in [6.45, 7) is 0. The Morgan fingerprint density at radius 3 is 1.86 bits per heavy atom. The van der Waals surface area contributed by atoms with Gasteiger partial charge in [-0.1, -0.05) is 24.3 Å². The van der Waals surface area contributed by atoms with E-state index in [1.807, 2.05) is 5.32 Å². The summed E-state index contributed by atoms with van der Waals surface area (Å²) in [6.07, 6.45) is 0. The third kappa shape index (κ3) is 4.46. The molecule has 0 saturated heterocycles. The van der Waals surface area contributed by atoms with Crippen molar-refractivity contribution in [1.82, 2.24) is 5.32 Å². The SMILES string of the molecule is O=C(NC(=O)c1c(F)cccc1F)Nc1ccc(S(=O)(=O)c2ccccc2)cc1. The zero-order valence-corrected chi connectivity index (χ0v) is 15.5. The van der Waals surface area contributed by atoms with Crippen molar-refractivity contribution in [2.75, 3.05) is 5.32 Å². The van der Waals surface area contributed by atoms with Crippen LogP contribution in [0.3, 0.4) is 0 Å². The first kappa shape index (κ1) is 20.2. The first-order valence-electron chi connectivity index (χ1n) is 8.25. The fourth-order valence-corrected chi connectivity index (χ4v) is 3.78. The van der Waals surface area contributed by atoms with Gasteiger partial charge in [0.25, 0.3) is 5.91 Å². The molecule has 0 fully saturated rings. The monoisotopic (exact) mass is 416 g/mol. The second-order valence-electron chi connectivity index (χ2n) is 5.85. The van der Waals surface area contributed by atoms with E-state index in [-0.39, 0.29) is 15.5 Å². The van der Waals surface area contributed by atoms with Crippen LogP contribution in [0, 0.1) is 11.6 Å². The number of carbonyl (C=O) groups excluding carboxylic acids is 2. The van der Waals surface area contributed by atoms with Gasteiger partial charge in [-0.3, -0.25) is 10.1 Å². The fourth-order valence-electron chi connectivity index (χ4n) is 2.50. The third-order valence-electron chi connectivity index (χ3n) is 3.89. The maximum Gasteiger partial charge on any atom is 0.326 e. The van der Waals surface area contributed by atoms with Crippen molar-refractivity contribution in [3.8, 4) is 0 Å². The van der Waals surface area contributed by atoms with E-state index in [2.05, 4.69) is 5.32 Å². The number of amides is 3. The van der Waals surface area contributed by atoms with Gasteiger partial charge in [0, 0.05) is 5.69 Å². The first-order valence-corrected chi connectivity index (χ1v) is 9.74. The molecule has 0 bridgehead atoms. The van der Waals surface area contributed by atoms with E-state index < -0.39 is 39.0 Å². The van der Waals surface area contributed by atoms with Gasteiger partial charge < -0.3 is 5.32 Å². The second kappa shape index (κ2) is 8.19. The predicted molar refractivity (Wildman–Crippen MR) is 101 cm³/mol. The molecule has 0 unspecified atom stereocenters. The fraction of sp³-hybridized carbons (Fsp3) is 0. The topological polar surface area (TPSA) is 92.3 Å². The lowest BCUT2D eigenvalue weighted by molar-refractivity contribution is 0.0959. The Morgan fingerprint density at radius 1 is 0.724 bits per heavy atom. The highest BCUT2D eigenvalue weighted by atomic mass is 32.2. The molecule has 3 rings (SSSR count). The Bertz CT molecular complexity index is 1140. The van der Waals surface area contributed by atoms with Crippen LogP contribution in [-0.4, -0.2) is 20.4 Å². The molecule has 3 aromatic carbocycles. The number of carbonyl (C=O) groups is 2. The van der Waals surface area contributed by atoms with Crippen LogP contribution >= 0.6 is 0 Å². The molecule has 0 atom stereocenters. The number of halogens is 2. The van der Waals surface area contributed by atoms with E-state index in [1.54, 1.807) is 18.2 Å². The molecule has 0 spiro atoms. The van der Waals surface area contributed by atoms with Gasteiger partial charge in [0.15, 0.2) is 0 Å². The summed E-state index contributed by atoms with van der Waals surface area (Å²) in [7, 11) is -3.71. The summed E-state index contributed by atoms with van der Waals surface area (Å²) in [5, 5.41) is 4.10. The summed E-state index contributed by atoms with van der Waals surface area (Å²) in [4.78, 5) is 23.9. The van der Waals surface area contributed by atoms with Crippen LogP contribution in [0.4, 0.5) is 19.3 Å². The zero-order valence-electron chi connectivity index (χ0n) is 14.7. The van der Waals surface area contributed by atoms with Crippen LogP contribution in [0.1, 0.15) is 10.4 Å². The molecule has 3 aromatic rings. The molecular formula is C20H14F2N2O4S. The molecule has 6 nitrogen and oxygen atoms in total. The van der Waals surface area contributed by atoms with Crippen LogP contribution in [0.2, 0.25) is 0 Å². The number of anilines is 1. The van der Waals surface area contributed by atoms with Crippen molar-refractivity contribution in [3.63, 3.8) is 0 Å². The molecule has 0 heterocycles. The van der Waals surface area contributed by atoms with E-state index in [4.69, 9.17) is 0 Å². The molecule has 0 radical (unpaired) electrons. The van der Waals surface area contributed by atoms with Crippen molar-refractivity contribution in [1.29, 1.82) is 0 Å². The standard InChI is InChI=1S/C20H14F2N2O4S/c21-16-7-4-8-17(22)18(16)19(25)24-20(26)23-13-9-11-15(12-10-13)29(27,28)14-5-2-1-3-6-14/h1-12H,(H2,23,24,25,26). The quantitative estimate of drug-likeness (QED) is 0.677. The average molecular weight is 416 g/mol. The van der Waals surface area contributed by atoms with Crippen molar-refractivity contribution < 1.29 is 26.8 Å². The first-order chi connectivity index (χ1) is 13.8. The second-order valence-corrected chi connectivity index (χ2v) is 7.80. The predicted octanol–water partition coefficient (Wildman–Crippen LogP) is 3.76. The minimum atomic E-state index is -3.71. The Labute approximate surface area is 165 Å². The summed E-state index contributed by atoms with van der Waals surface area (Å²) in [6, 6.07) is 14.9. The number of benzene rings is 3. The highest BCUT2D eigenvalue weighted by Crippen LogP contribution is 2.22. The van der Waals surface area contributed by atoms with E-state index in [1.165, 1.54) is 36.4 Å². The number of hydrogen-bond donors (Lipinski definition) is 2. The lowest BCUT2D eigenvalue weighted by Crippen LogP contribution is -2.35. The third-order valence-corrected chi connectivity index (χ3v) is 5.68. The molecule has 3 amide bonds. The van der Waals surface area contributed by atoms with Gasteiger partial charge in [-0.15, -0.1) is 0 Å². The molecule has 0 aliphatic rings. The minimum absolute atomic E-state index is 0.0131. The van der Waals surface area contributed by atoms with Crippen molar-refractivity contribution in [3.05, 3.63) is 90.0 Å². The number of urea groups is 1. The van der Waals surface area contributed by atoms with E-state index in [0.717, 1.165) is 18.2 Å². The Hall–Kier alpha value is -3.59. The molecule has 29 heavy (non-hydrogen) atoms. The number of rotatable bonds is 4. The molecule has 2 N–H and O–H groups in total. The molecule has 9 heteroatoms. The maximum absolute atomic E-state index is 13.6. The Kier molecular flexibility index (Phi) is 5.69. The van der Waals surface area contributed by atoms with Gasteiger partial charge in [-0.2, -0.15) is 0 Å². The molecule has 0 saturated carbocycles. The number of sulfone groups is 1. The van der Waals surface area contributed by atoms with Crippen molar-refractivity contribution in [2.45, 2.75) is 9.79 Å². The lowest BCUT2D eigenvalue weighted by Gasteiger charge is -2.09. The van der Waals surface area contributed by atoms with Gasteiger partial charge in [0.1, 0.15) is 17.2 Å². The van der Waals surface area contributed by atoms with Gasteiger partial charge in [-0.25, -0.2) is 22.0 Å². The highest BCUT2D eigenvalue weighted by molar-refractivity contribution is 7.91. The van der Waals surface area contributed by atoms with E-state index >= 15 is 0 Å². The van der Waals surface area contributed by atoms with Crippen molar-refractivity contribution in [2.24, 2.45) is 0 Å². The Balaban J connectivity index is 1.70. The van der Waals surface area contributed by atoms with E-state index in [9.17, 15) is 26.8 Å². The summed E-state index contributed by atoms with van der Waals surface area (Å²) < 4.78 is 52.2.